The van der Waals surface area contributed by atoms with Crippen molar-refractivity contribution in [2.75, 3.05) is 19.0 Å². The number of carbonyl (C=O) groups excluding carboxylic acids is 2. The third-order valence-corrected chi connectivity index (χ3v) is 3.88. The fraction of sp³-hybridized carbons (Fsp3) is 0.273. The smallest absolute Gasteiger partial charge is 0.331 e. The molecule has 27 heavy (non-hydrogen) atoms. The van der Waals surface area contributed by atoms with Gasteiger partial charge in [0.15, 0.2) is 6.61 Å². The van der Waals surface area contributed by atoms with Gasteiger partial charge in [0.2, 0.25) is 0 Å². The van der Waals surface area contributed by atoms with Gasteiger partial charge in [-0.05, 0) is 40.8 Å². The zero-order valence-corrected chi connectivity index (χ0v) is 16.1. The quantitative estimate of drug-likeness (QED) is 0.614. The van der Waals surface area contributed by atoms with E-state index in [4.69, 9.17) is 9.47 Å². The van der Waals surface area contributed by atoms with E-state index in [2.05, 4.69) is 26.1 Å². The Morgan fingerprint density at radius 2 is 1.70 bits per heavy atom. The molecule has 0 aliphatic carbocycles. The lowest BCUT2D eigenvalue weighted by Crippen LogP contribution is -2.23. The van der Waals surface area contributed by atoms with Crippen molar-refractivity contribution in [3.05, 3.63) is 65.7 Å². The van der Waals surface area contributed by atoms with Crippen LogP contribution in [-0.2, 0) is 19.7 Å². The number of para-hydroxylation sites is 1. The summed E-state index contributed by atoms with van der Waals surface area (Å²) in [5.41, 5.74) is 2.46. The predicted octanol–water partition coefficient (Wildman–Crippen LogP) is 4.19. The van der Waals surface area contributed by atoms with Gasteiger partial charge in [0.1, 0.15) is 5.75 Å². The Hall–Kier alpha value is -3.08. The molecule has 0 radical (unpaired) electrons. The van der Waals surface area contributed by atoms with Crippen molar-refractivity contribution in [1.29, 1.82) is 0 Å². The normalized spacial score (nSPS) is 11.3. The molecule has 2 rings (SSSR count). The Kier molecular flexibility index (Phi) is 6.77. The summed E-state index contributed by atoms with van der Waals surface area (Å²) in [5, 5.41) is 2.80. The lowest BCUT2D eigenvalue weighted by atomic mass is 9.86. The third kappa shape index (κ3) is 6.29. The molecule has 0 saturated heterocycles. The van der Waals surface area contributed by atoms with E-state index in [9.17, 15) is 9.59 Å². The van der Waals surface area contributed by atoms with E-state index in [0.29, 0.717) is 0 Å². The van der Waals surface area contributed by atoms with Gasteiger partial charge >= 0.3 is 5.97 Å². The lowest BCUT2D eigenvalue weighted by molar-refractivity contribution is -0.142. The second kappa shape index (κ2) is 9.03. The first-order valence-corrected chi connectivity index (χ1v) is 8.68. The standard InChI is InChI=1S/C22H25NO4/c1-22(2,3)18-7-5-6-8-19(18)23-20(24)15-27-21(25)14-11-16-9-12-17(26-4)13-10-16/h5-14H,15H2,1-4H3,(H,23,24)/b14-11+. The number of benzene rings is 2. The number of esters is 1. The minimum atomic E-state index is -0.579. The summed E-state index contributed by atoms with van der Waals surface area (Å²) in [6.45, 7) is 5.87. The number of carbonyl (C=O) groups is 2. The first kappa shape index (κ1) is 20.2. The number of hydrogen-bond donors (Lipinski definition) is 1. The van der Waals surface area contributed by atoms with E-state index in [0.717, 1.165) is 22.6 Å². The highest BCUT2D eigenvalue weighted by atomic mass is 16.5. The van der Waals surface area contributed by atoms with Gasteiger partial charge < -0.3 is 14.8 Å². The molecule has 0 spiro atoms. The Morgan fingerprint density at radius 1 is 1.04 bits per heavy atom. The SMILES string of the molecule is COc1ccc(/C=C/C(=O)OCC(=O)Nc2ccccc2C(C)(C)C)cc1. The van der Waals surface area contributed by atoms with Gasteiger partial charge in [-0.25, -0.2) is 4.79 Å². The van der Waals surface area contributed by atoms with Crippen LogP contribution < -0.4 is 10.1 Å². The van der Waals surface area contributed by atoms with Crippen LogP contribution in [0.2, 0.25) is 0 Å². The van der Waals surface area contributed by atoms with Crippen LogP contribution in [0.25, 0.3) is 6.08 Å². The van der Waals surface area contributed by atoms with Crippen molar-refractivity contribution in [1.82, 2.24) is 0 Å². The predicted molar refractivity (Wildman–Crippen MR) is 107 cm³/mol. The van der Waals surface area contributed by atoms with Crippen LogP contribution in [0.1, 0.15) is 31.9 Å². The molecule has 0 aliphatic rings. The largest absolute Gasteiger partial charge is 0.497 e. The van der Waals surface area contributed by atoms with Crippen LogP contribution in [0.3, 0.4) is 0 Å². The van der Waals surface area contributed by atoms with Crippen molar-refractivity contribution in [2.24, 2.45) is 0 Å². The molecule has 1 amide bonds. The number of rotatable bonds is 6. The molecular weight excluding hydrogens is 342 g/mol. The van der Waals surface area contributed by atoms with Gasteiger partial charge in [-0.2, -0.15) is 0 Å². The van der Waals surface area contributed by atoms with E-state index in [1.807, 2.05) is 36.4 Å². The maximum Gasteiger partial charge on any atom is 0.331 e. The van der Waals surface area contributed by atoms with Crippen molar-refractivity contribution in [3.8, 4) is 5.75 Å². The van der Waals surface area contributed by atoms with Gasteiger partial charge in [0.05, 0.1) is 7.11 Å². The van der Waals surface area contributed by atoms with Crippen molar-refractivity contribution in [2.45, 2.75) is 26.2 Å². The second-order valence-electron chi connectivity index (χ2n) is 7.06. The molecule has 0 fully saturated rings. The second-order valence-corrected chi connectivity index (χ2v) is 7.06. The summed E-state index contributed by atoms with van der Waals surface area (Å²) in [5.74, 6) is -0.218. The molecule has 2 aromatic carbocycles. The zero-order chi connectivity index (χ0) is 19.9. The summed E-state index contributed by atoms with van der Waals surface area (Å²) in [7, 11) is 1.59. The minimum absolute atomic E-state index is 0.109. The molecule has 142 valence electrons. The fourth-order valence-corrected chi connectivity index (χ4v) is 2.50. The van der Waals surface area contributed by atoms with Crippen molar-refractivity contribution < 1.29 is 19.1 Å². The van der Waals surface area contributed by atoms with Crippen molar-refractivity contribution in [3.63, 3.8) is 0 Å². The van der Waals surface area contributed by atoms with Crippen LogP contribution in [0.15, 0.2) is 54.6 Å². The van der Waals surface area contributed by atoms with Gasteiger partial charge in [-0.15, -0.1) is 0 Å². The third-order valence-electron chi connectivity index (χ3n) is 3.88. The summed E-state index contributed by atoms with van der Waals surface area (Å²) in [6.07, 6.45) is 2.91. The Morgan fingerprint density at radius 3 is 2.33 bits per heavy atom. The zero-order valence-electron chi connectivity index (χ0n) is 16.1. The Bertz CT molecular complexity index is 817. The summed E-state index contributed by atoms with van der Waals surface area (Å²) in [4.78, 5) is 23.9. The molecule has 0 bridgehead atoms. The number of anilines is 1. The monoisotopic (exact) mass is 367 g/mol. The molecule has 0 aliphatic heterocycles. The van der Waals surface area contributed by atoms with Gasteiger partial charge in [-0.3, -0.25) is 4.79 Å². The van der Waals surface area contributed by atoms with Gasteiger partial charge in [-0.1, -0.05) is 51.1 Å². The highest BCUT2D eigenvalue weighted by Crippen LogP contribution is 2.29. The van der Waals surface area contributed by atoms with E-state index >= 15 is 0 Å². The van der Waals surface area contributed by atoms with E-state index in [1.54, 1.807) is 25.3 Å². The van der Waals surface area contributed by atoms with Crippen LogP contribution in [0, 0.1) is 0 Å². The molecular formula is C22H25NO4. The number of hydrogen-bond acceptors (Lipinski definition) is 4. The lowest BCUT2D eigenvalue weighted by Gasteiger charge is -2.22. The highest BCUT2D eigenvalue weighted by molar-refractivity contribution is 5.95. The molecule has 0 unspecified atom stereocenters. The summed E-state index contributed by atoms with van der Waals surface area (Å²) >= 11 is 0. The van der Waals surface area contributed by atoms with Crippen LogP contribution in [-0.4, -0.2) is 25.6 Å². The fourth-order valence-electron chi connectivity index (χ4n) is 2.50. The summed E-state index contributed by atoms with van der Waals surface area (Å²) in [6, 6.07) is 14.8. The van der Waals surface area contributed by atoms with Crippen LogP contribution in [0.4, 0.5) is 5.69 Å². The molecule has 0 aromatic heterocycles. The minimum Gasteiger partial charge on any atom is -0.497 e. The number of methoxy groups -OCH3 is 1. The number of ether oxygens (including phenoxy) is 2. The maximum absolute atomic E-state index is 12.1. The molecule has 0 saturated carbocycles. The first-order valence-electron chi connectivity index (χ1n) is 8.68. The van der Waals surface area contributed by atoms with Crippen molar-refractivity contribution >= 4 is 23.6 Å². The molecule has 2 aromatic rings. The number of amides is 1. The topological polar surface area (TPSA) is 64.6 Å². The first-order chi connectivity index (χ1) is 12.8. The van der Waals surface area contributed by atoms with Gasteiger partial charge in [0.25, 0.3) is 5.91 Å². The Balaban J connectivity index is 1.88. The molecule has 0 atom stereocenters. The van der Waals surface area contributed by atoms with E-state index in [-0.39, 0.29) is 17.9 Å². The van der Waals surface area contributed by atoms with E-state index < -0.39 is 5.97 Å². The summed E-state index contributed by atoms with van der Waals surface area (Å²) < 4.78 is 10.1. The van der Waals surface area contributed by atoms with Crippen LogP contribution in [0.5, 0.6) is 5.75 Å². The molecule has 0 heterocycles. The maximum atomic E-state index is 12.1. The van der Waals surface area contributed by atoms with Gasteiger partial charge in [0, 0.05) is 11.8 Å². The average Bonchev–Trinajstić information content (AvgIpc) is 2.64. The molecule has 5 nitrogen and oxygen atoms in total. The number of nitrogens with one attached hydrogen (secondary N) is 1. The van der Waals surface area contributed by atoms with Crippen LogP contribution >= 0.6 is 0 Å². The average molecular weight is 367 g/mol. The molecule has 5 heteroatoms. The highest BCUT2D eigenvalue weighted by Gasteiger charge is 2.18. The molecule has 1 N–H and O–H groups in total. The Labute approximate surface area is 160 Å². The van der Waals surface area contributed by atoms with E-state index in [1.165, 1.54) is 6.08 Å².